The highest BCUT2D eigenvalue weighted by Gasteiger charge is 2.05. The molecule has 0 bridgehead atoms. The highest BCUT2D eigenvalue weighted by Crippen LogP contribution is 2.31. The van der Waals surface area contributed by atoms with E-state index in [1.807, 2.05) is 31.4 Å². The molecular weight excluding hydrogens is 300 g/mol. The molecule has 0 saturated carbocycles. The van der Waals surface area contributed by atoms with Crippen LogP contribution in [-0.4, -0.2) is 6.29 Å². The van der Waals surface area contributed by atoms with Crippen molar-refractivity contribution in [1.29, 1.82) is 0 Å². The second-order valence-electron chi connectivity index (χ2n) is 3.78. The number of ether oxygens (including phenoxy) is 1. The van der Waals surface area contributed by atoms with Gasteiger partial charge in [0.2, 0.25) is 0 Å². The van der Waals surface area contributed by atoms with Crippen molar-refractivity contribution in [1.82, 2.24) is 0 Å². The van der Waals surface area contributed by atoms with Gasteiger partial charge in [-0.2, -0.15) is 0 Å². The predicted octanol–water partition coefficient (Wildman–Crippen LogP) is 4.73. The molecule has 4 heteroatoms. The predicted molar refractivity (Wildman–Crippen MR) is 73.4 cm³/mol. The molecule has 0 aliphatic carbocycles. The average molecular weight is 311 g/mol. The lowest BCUT2D eigenvalue weighted by atomic mass is 10.1. The lowest BCUT2D eigenvalue weighted by Gasteiger charge is -2.08. The summed E-state index contributed by atoms with van der Waals surface area (Å²) in [4.78, 5) is 11.2. The van der Waals surface area contributed by atoms with Gasteiger partial charge in [-0.25, -0.2) is 0 Å². The van der Waals surface area contributed by atoms with Gasteiger partial charge < -0.3 is 4.74 Å². The molecule has 88 valence electrons. The van der Waals surface area contributed by atoms with Crippen molar-refractivity contribution in [3.8, 4) is 11.5 Å². The maximum absolute atomic E-state index is 10.6. The average Bonchev–Trinajstić information content (AvgIpc) is 2.73. The Bertz CT molecular complexity index is 537. The Morgan fingerprint density at radius 1 is 1.18 bits per heavy atom. The third-order valence-electron chi connectivity index (χ3n) is 2.36. The lowest BCUT2D eigenvalue weighted by molar-refractivity contribution is 0.112. The second kappa shape index (κ2) is 5.02. The minimum Gasteiger partial charge on any atom is -0.456 e. The first-order valence-corrected chi connectivity index (χ1v) is 6.75. The summed E-state index contributed by atoms with van der Waals surface area (Å²) in [5.74, 6) is 1.50. The quantitative estimate of drug-likeness (QED) is 0.766. The van der Waals surface area contributed by atoms with Gasteiger partial charge in [0.05, 0.1) is 4.88 Å². The summed E-state index contributed by atoms with van der Waals surface area (Å²) in [5, 5.41) is 1.83. The Kier molecular flexibility index (Phi) is 3.64. The summed E-state index contributed by atoms with van der Waals surface area (Å²) < 4.78 is 6.81. The van der Waals surface area contributed by atoms with Crippen LogP contribution in [0.15, 0.2) is 28.1 Å². The van der Waals surface area contributed by atoms with Crippen LogP contribution in [0.5, 0.6) is 11.5 Å². The van der Waals surface area contributed by atoms with Crippen LogP contribution in [0.25, 0.3) is 0 Å². The van der Waals surface area contributed by atoms with Crippen molar-refractivity contribution in [2.45, 2.75) is 13.8 Å². The molecule has 0 fully saturated rings. The van der Waals surface area contributed by atoms with E-state index >= 15 is 0 Å². The Morgan fingerprint density at radius 2 is 1.82 bits per heavy atom. The molecule has 0 saturated heterocycles. The molecule has 1 aromatic heterocycles. The number of rotatable bonds is 3. The number of aldehydes is 1. The zero-order valence-electron chi connectivity index (χ0n) is 9.49. The van der Waals surface area contributed by atoms with E-state index < -0.39 is 0 Å². The summed E-state index contributed by atoms with van der Waals surface area (Å²) in [5.41, 5.74) is 2.26. The monoisotopic (exact) mass is 310 g/mol. The first-order valence-electron chi connectivity index (χ1n) is 5.08. The first kappa shape index (κ1) is 12.3. The summed E-state index contributed by atoms with van der Waals surface area (Å²) >= 11 is 4.89. The van der Waals surface area contributed by atoms with Crippen LogP contribution in [0.2, 0.25) is 0 Å². The van der Waals surface area contributed by atoms with Crippen molar-refractivity contribution < 1.29 is 9.53 Å². The Morgan fingerprint density at radius 3 is 2.35 bits per heavy atom. The van der Waals surface area contributed by atoms with Gasteiger partial charge in [0, 0.05) is 15.9 Å². The normalized spacial score (nSPS) is 10.3. The van der Waals surface area contributed by atoms with Crippen LogP contribution in [0.1, 0.15) is 20.8 Å². The number of carbonyl (C=O) groups excluding carboxylic acids is 1. The highest BCUT2D eigenvalue weighted by molar-refractivity contribution is 9.10. The molecule has 1 heterocycles. The van der Waals surface area contributed by atoms with Crippen LogP contribution < -0.4 is 4.74 Å². The second-order valence-corrected chi connectivity index (χ2v) is 5.51. The van der Waals surface area contributed by atoms with Gasteiger partial charge in [0.25, 0.3) is 0 Å². The lowest BCUT2D eigenvalue weighted by Crippen LogP contribution is -1.87. The fraction of sp³-hybridized carbons (Fsp3) is 0.154. The molecule has 2 rings (SSSR count). The zero-order valence-corrected chi connectivity index (χ0v) is 11.9. The number of hydrogen-bond donors (Lipinski definition) is 0. The van der Waals surface area contributed by atoms with Crippen LogP contribution in [-0.2, 0) is 0 Å². The van der Waals surface area contributed by atoms with Gasteiger partial charge in [0.15, 0.2) is 6.29 Å². The molecule has 0 spiro atoms. The zero-order chi connectivity index (χ0) is 12.4. The standard InChI is InChI=1S/C13H11BrO2S/c1-8-3-10(4-9(2)13(8)14)16-11-5-12(6-15)17-7-11/h3-7H,1-2H3. The Balaban J connectivity index is 2.27. The third kappa shape index (κ3) is 2.76. The minimum absolute atomic E-state index is 0.672. The Hall–Kier alpha value is -1.13. The van der Waals surface area contributed by atoms with E-state index in [0.717, 1.165) is 27.6 Å². The molecule has 2 nitrogen and oxygen atoms in total. The number of hydrogen-bond acceptors (Lipinski definition) is 3. The highest BCUT2D eigenvalue weighted by atomic mass is 79.9. The molecule has 0 atom stereocenters. The van der Waals surface area contributed by atoms with Crippen molar-refractivity contribution in [3.05, 3.63) is 44.1 Å². The van der Waals surface area contributed by atoms with E-state index in [-0.39, 0.29) is 0 Å². The molecule has 0 aliphatic heterocycles. The molecule has 0 aliphatic rings. The fourth-order valence-electron chi connectivity index (χ4n) is 1.55. The molecule has 0 unspecified atom stereocenters. The van der Waals surface area contributed by atoms with Crippen molar-refractivity contribution in [2.75, 3.05) is 0 Å². The van der Waals surface area contributed by atoms with Gasteiger partial charge in [0.1, 0.15) is 11.5 Å². The van der Waals surface area contributed by atoms with E-state index in [4.69, 9.17) is 4.74 Å². The number of benzene rings is 1. The third-order valence-corrected chi connectivity index (χ3v) is 4.44. The largest absolute Gasteiger partial charge is 0.456 e. The minimum atomic E-state index is 0.672. The molecular formula is C13H11BrO2S. The Labute approximate surface area is 112 Å². The molecule has 0 N–H and O–H groups in total. The topological polar surface area (TPSA) is 26.3 Å². The van der Waals surface area contributed by atoms with E-state index in [9.17, 15) is 4.79 Å². The van der Waals surface area contributed by atoms with Gasteiger partial charge in [-0.3, -0.25) is 4.79 Å². The van der Waals surface area contributed by atoms with Crippen LogP contribution in [0, 0.1) is 13.8 Å². The van der Waals surface area contributed by atoms with Crippen molar-refractivity contribution in [3.63, 3.8) is 0 Å². The van der Waals surface area contributed by atoms with Gasteiger partial charge in [-0.15, -0.1) is 11.3 Å². The van der Waals surface area contributed by atoms with Gasteiger partial charge >= 0.3 is 0 Å². The van der Waals surface area contributed by atoms with Gasteiger partial charge in [-0.1, -0.05) is 15.9 Å². The number of halogens is 1. The van der Waals surface area contributed by atoms with E-state index in [1.165, 1.54) is 11.3 Å². The molecule has 1 aromatic carbocycles. The molecule has 0 radical (unpaired) electrons. The SMILES string of the molecule is Cc1cc(Oc2csc(C=O)c2)cc(C)c1Br. The van der Waals surface area contributed by atoms with Crippen LogP contribution >= 0.6 is 27.3 Å². The number of carbonyl (C=O) groups is 1. The summed E-state index contributed by atoms with van der Waals surface area (Å²) in [6.07, 6.45) is 0.829. The first-order chi connectivity index (χ1) is 8.10. The van der Waals surface area contributed by atoms with E-state index in [1.54, 1.807) is 6.07 Å². The van der Waals surface area contributed by atoms with Crippen molar-refractivity contribution >= 4 is 33.6 Å². The fourth-order valence-corrected chi connectivity index (χ4v) is 2.39. The maximum Gasteiger partial charge on any atom is 0.160 e. The van der Waals surface area contributed by atoms with Crippen molar-refractivity contribution in [2.24, 2.45) is 0 Å². The van der Waals surface area contributed by atoms with Crippen LogP contribution in [0.4, 0.5) is 0 Å². The maximum atomic E-state index is 10.6. The molecule has 0 amide bonds. The smallest absolute Gasteiger partial charge is 0.160 e. The summed E-state index contributed by atoms with van der Waals surface area (Å²) in [6, 6.07) is 5.68. The molecule has 2 aromatic rings. The van der Waals surface area contributed by atoms with E-state index in [2.05, 4.69) is 15.9 Å². The molecule has 17 heavy (non-hydrogen) atoms. The van der Waals surface area contributed by atoms with Gasteiger partial charge in [-0.05, 0) is 37.1 Å². The summed E-state index contributed by atoms with van der Waals surface area (Å²) in [6.45, 7) is 4.04. The number of thiophene rings is 1. The number of aryl methyl sites for hydroxylation is 2. The summed E-state index contributed by atoms with van der Waals surface area (Å²) in [7, 11) is 0. The van der Waals surface area contributed by atoms with Crippen LogP contribution in [0.3, 0.4) is 0 Å². The van der Waals surface area contributed by atoms with E-state index in [0.29, 0.717) is 10.6 Å².